The topological polar surface area (TPSA) is 55.6 Å². The lowest BCUT2D eigenvalue weighted by molar-refractivity contribution is 0.717. The van der Waals surface area contributed by atoms with E-state index in [9.17, 15) is 0 Å². The molecule has 23 heavy (non-hydrogen) atoms. The van der Waals surface area contributed by atoms with Crippen LogP contribution in [0.3, 0.4) is 0 Å². The van der Waals surface area contributed by atoms with Gasteiger partial charge in [0.1, 0.15) is 22.8 Å². The number of aromatic nitrogens is 4. The zero-order valence-corrected chi connectivity index (χ0v) is 13.7. The molecule has 0 atom stereocenters. The summed E-state index contributed by atoms with van der Waals surface area (Å²) in [5.74, 6) is 2.01. The number of aryl methyl sites for hydroxylation is 1. The standard InChI is InChI=1S/C17H17N5S/c1-2-22-14-6-4-3-5-13(14)21-15(22)7-9-18-16-12-8-10-23-17(12)20-11-19-16/h3-6,8,10-11H,2,7,9H2,1H3,(H,18,19,20). The van der Waals surface area contributed by atoms with Crippen LogP contribution in [-0.4, -0.2) is 26.1 Å². The van der Waals surface area contributed by atoms with Crippen molar-refractivity contribution in [3.8, 4) is 0 Å². The monoisotopic (exact) mass is 323 g/mol. The van der Waals surface area contributed by atoms with Crippen molar-refractivity contribution in [3.05, 3.63) is 47.9 Å². The first-order chi connectivity index (χ1) is 11.4. The first kappa shape index (κ1) is 14.1. The number of hydrogen-bond donors (Lipinski definition) is 1. The van der Waals surface area contributed by atoms with Crippen molar-refractivity contribution in [2.45, 2.75) is 19.9 Å². The van der Waals surface area contributed by atoms with Gasteiger partial charge in [0.15, 0.2) is 0 Å². The van der Waals surface area contributed by atoms with Gasteiger partial charge in [-0.1, -0.05) is 12.1 Å². The minimum absolute atomic E-state index is 0.797. The minimum Gasteiger partial charge on any atom is -0.369 e. The second-order valence-corrected chi connectivity index (χ2v) is 6.19. The fourth-order valence-corrected chi connectivity index (χ4v) is 3.63. The fraction of sp³-hybridized carbons (Fsp3) is 0.235. The highest BCUT2D eigenvalue weighted by atomic mass is 32.1. The second-order valence-electron chi connectivity index (χ2n) is 5.30. The Morgan fingerprint density at radius 1 is 1.17 bits per heavy atom. The Kier molecular flexibility index (Phi) is 3.67. The number of thiophene rings is 1. The molecule has 4 aromatic rings. The number of rotatable bonds is 5. The van der Waals surface area contributed by atoms with E-state index >= 15 is 0 Å². The summed E-state index contributed by atoms with van der Waals surface area (Å²) in [7, 11) is 0. The number of imidazole rings is 1. The maximum atomic E-state index is 4.76. The van der Waals surface area contributed by atoms with E-state index in [0.29, 0.717) is 0 Å². The van der Waals surface area contributed by atoms with Gasteiger partial charge >= 0.3 is 0 Å². The molecule has 0 aliphatic rings. The van der Waals surface area contributed by atoms with Crippen molar-refractivity contribution < 1.29 is 0 Å². The second kappa shape index (κ2) is 5.96. The number of benzene rings is 1. The molecule has 116 valence electrons. The van der Waals surface area contributed by atoms with Gasteiger partial charge in [-0.15, -0.1) is 11.3 Å². The lowest BCUT2D eigenvalue weighted by Gasteiger charge is -2.08. The van der Waals surface area contributed by atoms with E-state index in [1.54, 1.807) is 17.7 Å². The summed E-state index contributed by atoms with van der Waals surface area (Å²) in [6.07, 6.45) is 2.47. The Labute approximate surface area is 138 Å². The smallest absolute Gasteiger partial charge is 0.138 e. The van der Waals surface area contributed by atoms with Crippen LogP contribution >= 0.6 is 11.3 Å². The predicted octanol–water partition coefficient (Wildman–Crippen LogP) is 3.72. The van der Waals surface area contributed by atoms with Crippen molar-refractivity contribution in [1.82, 2.24) is 19.5 Å². The highest BCUT2D eigenvalue weighted by Crippen LogP contribution is 2.23. The number of hydrogen-bond acceptors (Lipinski definition) is 5. The number of fused-ring (bicyclic) bond motifs is 2. The first-order valence-electron chi connectivity index (χ1n) is 7.73. The quantitative estimate of drug-likeness (QED) is 0.608. The van der Waals surface area contributed by atoms with Gasteiger partial charge in [-0.25, -0.2) is 15.0 Å². The number of nitrogens with zero attached hydrogens (tertiary/aromatic N) is 4. The maximum Gasteiger partial charge on any atom is 0.138 e. The molecule has 5 nitrogen and oxygen atoms in total. The van der Waals surface area contributed by atoms with Gasteiger partial charge in [-0.05, 0) is 30.5 Å². The van der Waals surface area contributed by atoms with E-state index in [0.717, 1.165) is 46.9 Å². The van der Waals surface area contributed by atoms with Crippen LogP contribution in [-0.2, 0) is 13.0 Å². The van der Waals surface area contributed by atoms with Gasteiger partial charge in [0.2, 0.25) is 0 Å². The number of anilines is 1. The highest BCUT2D eigenvalue weighted by Gasteiger charge is 2.09. The average molecular weight is 323 g/mol. The third kappa shape index (κ3) is 2.55. The van der Waals surface area contributed by atoms with E-state index in [4.69, 9.17) is 4.98 Å². The SMILES string of the molecule is CCn1c(CCNc2ncnc3sccc23)nc2ccccc21. The van der Waals surface area contributed by atoms with E-state index in [1.165, 1.54) is 5.52 Å². The molecule has 4 rings (SSSR count). The molecule has 3 heterocycles. The van der Waals surface area contributed by atoms with E-state index in [1.807, 2.05) is 11.4 Å². The Morgan fingerprint density at radius 3 is 3.00 bits per heavy atom. The zero-order valence-electron chi connectivity index (χ0n) is 12.9. The zero-order chi connectivity index (χ0) is 15.6. The predicted molar refractivity (Wildman–Crippen MR) is 95.0 cm³/mol. The summed E-state index contributed by atoms with van der Waals surface area (Å²) in [6, 6.07) is 10.3. The van der Waals surface area contributed by atoms with Crippen LogP contribution in [0.5, 0.6) is 0 Å². The molecule has 0 saturated carbocycles. The Bertz CT molecular complexity index is 956. The molecule has 1 aromatic carbocycles. The maximum absolute atomic E-state index is 4.76. The van der Waals surface area contributed by atoms with E-state index in [-0.39, 0.29) is 0 Å². The van der Waals surface area contributed by atoms with Crippen LogP contribution in [0.15, 0.2) is 42.0 Å². The molecule has 6 heteroatoms. The first-order valence-corrected chi connectivity index (χ1v) is 8.61. The van der Waals surface area contributed by atoms with Gasteiger partial charge in [0.25, 0.3) is 0 Å². The van der Waals surface area contributed by atoms with Gasteiger partial charge in [-0.2, -0.15) is 0 Å². The van der Waals surface area contributed by atoms with Crippen molar-refractivity contribution in [2.75, 3.05) is 11.9 Å². The molecule has 0 saturated heterocycles. The lowest BCUT2D eigenvalue weighted by atomic mass is 10.3. The number of nitrogens with one attached hydrogen (secondary N) is 1. The van der Waals surface area contributed by atoms with Gasteiger partial charge in [-0.3, -0.25) is 0 Å². The van der Waals surface area contributed by atoms with Gasteiger partial charge in [0.05, 0.1) is 16.4 Å². The largest absolute Gasteiger partial charge is 0.369 e. The van der Waals surface area contributed by atoms with Crippen molar-refractivity contribution in [1.29, 1.82) is 0 Å². The third-order valence-electron chi connectivity index (χ3n) is 3.95. The summed E-state index contributed by atoms with van der Waals surface area (Å²) < 4.78 is 2.27. The molecule has 0 aliphatic heterocycles. The molecule has 1 N–H and O–H groups in total. The van der Waals surface area contributed by atoms with Crippen LogP contribution in [0.1, 0.15) is 12.7 Å². The van der Waals surface area contributed by atoms with Crippen LogP contribution < -0.4 is 5.32 Å². The molecule has 0 radical (unpaired) electrons. The van der Waals surface area contributed by atoms with Gasteiger partial charge < -0.3 is 9.88 Å². The summed E-state index contributed by atoms with van der Waals surface area (Å²) in [6.45, 7) is 3.88. The molecule has 0 amide bonds. The van der Waals surface area contributed by atoms with Crippen LogP contribution in [0.25, 0.3) is 21.3 Å². The van der Waals surface area contributed by atoms with Crippen LogP contribution in [0, 0.1) is 0 Å². The highest BCUT2D eigenvalue weighted by molar-refractivity contribution is 7.16. The third-order valence-corrected chi connectivity index (χ3v) is 4.77. The Morgan fingerprint density at radius 2 is 2.09 bits per heavy atom. The summed E-state index contributed by atoms with van der Waals surface area (Å²) in [5.41, 5.74) is 2.26. The molecular weight excluding hydrogens is 306 g/mol. The average Bonchev–Trinajstić information content (AvgIpc) is 3.19. The normalized spacial score (nSPS) is 11.3. The molecule has 0 fully saturated rings. The fourth-order valence-electron chi connectivity index (χ4n) is 2.89. The van der Waals surface area contributed by atoms with E-state index < -0.39 is 0 Å². The van der Waals surface area contributed by atoms with Crippen LogP contribution in [0.2, 0.25) is 0 Å². The van der Waals surface area contributed by atoms with Crippen molar-refractivity contribution >= 4 is 38.4 Å². The van der Waals surface area contributed by atoms with Gasteiger partial charge in [0, 0.05) is 19.5 Å². The molecule has 3 aromatic heterocycles. The summed E-state index contributed by atoms with van der Waals surface area (Å²) in [5, 5.41) is 6.55. The molecule has 0 unspecified atom stereocenters. The molecule has 0 spiro atoms. The minimum atomic E-state index is 0.797. The van der Waals surface area contributed by atoms with Crippen LogP contribution in [0.4, 0.5) is 5.82 Å². The molecule has 0 aliphatic carbocycles. The molecule has 0 bridgehead atoms. The van der Waals surface area contributed by atoms with Crippen molar-refractivity contribution in [3.63, 3.8) is 0 Å². The van der Waals surface area contributed by atoms with E-state index in [2.05, 4.69) is 51.0 Å². The number of para-hydroxylation sites is 2. The Hall–Kier alpha value is -2.47. The summed E-state index contributed by atoms with van der Waals surface area (Å²) in [4.78, 5) is 14.4. The Balaban J connectivity index is 1.54. The summed E-state index contributed by atoms with van der Waals surface area (Å²) >= 11 is 1.63. The lowest BCUT2D eigenvalue weighted by Crippen LogP contribution is -2.11. The molecular formula is C17H17N5S. The van der Waals surface area contributed by atoms with Crippen molar-refractivity contribution in [2.24, 2.45) is 0 Å².